The van der Waals surface area contributed by atoms with Crippen LogP contribution in [-0.2, 0) is 16.5 Å². The fourth-order valence-electron chi connectivity index (χ4n) is 1.49. The molecule has 0 amide bonds. The molecule has 2 aromatic carbocycles. The Kier molecular flexibility index (Phi) is 6.48. The molecule has 0 aromatic heterocycles. The van der Waals surface area contributed by atoms with Crippen LogP contribution in [0.2, 0.25) is 0 Å². The van der Waals surface area contributed by atoms with Crippen LogP contribution < -0.4 is 0 Å². The Bertz CT molecular complexity index is 649. The maximum atomic E-state index is 12.3. The summed E-state index contributed by atoms with van der Waals surface area (Å²) in [4.78, 5) is -0.0666. The monoisotopic (exact) mass is 312 g/mol. The number of halogens is 1. The Morgan fingerprint density at radius 1 is 1.00 bits per heavy atom. The van der Waals surface area contributed by atoms with Gasteiger partial charge in [-0.1, -0.05) is 29.8 Å². The van der Waals surface area contributed by atoms with Crippen molar-refractivity contribution in [1.29, 1.82) is 0 Å². The summed E-state index contributed by atoms with van der Waals surface area (Å²) in [6.07, 6.45) is 0.597. The Morgan fingerprint density at radius 3 is 1.95 bits per heavy atom. The molecule has 0 saturated heterocycles. The number of aliphatic hydroxyl groups excluding tert-OH is 1. The van der Waals surface area contributed by atoms with Crippen LogP contribution in [0.4, 0.5) is 4.39 Å². The highest BCUT2D eigenvalue weighted by Gasteiger charge is 2.06. The molecule has 0 fully saturated rings. The number of aryl methyl sites for hydroxylation is 1. The van der Waals surface area contributed by atoms with E-state index in [-0.39, 0.29) is 17.3 Å². The third kappa shape index (κ3) is 6.48. The van der Waals surface area contributed by atoms with Crippen LogP contribution in [0.5, 0.6) is 0 Å². The van der Waals surface area contributed by atoms with Crippen molar-refractivity contribution in [3.63, 3.8) is 0 Å². The van der Waals surface area contributed by atoms with E-state index < -0.39 is 10.1 Å². The maximum Gasteiger partial charge on any atom is 0.294 e. The van der Waals surface area contributed by atoms with Gasteiger partial charge in [-0.3, -0.25) is 4.55 Å². The Labute approximate surface area is 123 Å². The molecule has 4 nitrogen and oxygen atoms in total. The first-order valence-electron chi connectivity index (χ1n) is 6.22. The minimum Gasteiger partial charge on any atom is -0.396 e. The zero-order valence-corrected chi connectivity index (χ0v) is 12.3. The zero-order valence-electron chi connectivity index (χ0n) is 11.5. The lowest BCUT2D eigenvalue weighted by molar-refractivity contribution is 0.299. The number of hydrogen-bond acceptors (Lipinski definition) is 3. The lowest BCUT2D eigenvalue weighted by atomic mass is 10.2. The lowest BCUT2D eigenvalue weighted by Gasteiger charge is -1.95. The van der Waals surface area contributed by atoms with E-state index in [4.69, 9.17) is 9.66 Å². The van der Waals surface area contributed by atoms with Gasteiger partial charge in [0.05, 0.1) is 4.90 Å². The molecular weight excluding hydrogens is 295 g/mol. The van der Waals surface area contributed by atoms with Crippen LogP contribution in [-0.4, -0.2) is 24.7 Å². The van der Waals surface area contributed by atoms with E-state index in [1.807, 2.05) is 6.92 Å². The minimum atomic E-state index is -4.02. The van der Waals surface area contributed by atoms with Crippen molar-refractivity contribution in [3.05, 3.63) is 65.5 Å². The number of benzene rings is 2. The molecule has 0 saturated carbocycles. The molecule has 0 aliphatic rings. The average molecular weight is 312 g/mol. The second-order valence-electron chi connectivity index (χ2n) is 4.39. The maximum absolute atomic E-state index is 12.3. The van der Waals surface area contributed by atoms with E-state index in [2.05, 4.69) is 0 Å². The summed E-state index contributed by atoms with van der Waals surface area (Å²) in [7, 11) is -4.02. The largest absolute Gasteiger partial charge is 0.396 e. The summed E-state index contributed by atoms with van der Waals surface area (Å²) in [5.41, 5.74) is 1.92. The molecule has 6 heteroatoms. The predicted octanol–water partition coefficient (Wildman–Crippen LogP) is 2.60. The molecule has 0 bridgehead atoms. The second kappa shape index (κ2) is 7.87. The Balaban J connectivity index is 0.000000211. The quantitative estimate of drug-likeness (QED) is 0.854. The highest BCUT2D eigenvalue weighted by molar-refractivity contribution is 7.85. The molecule has 0 heterocycles. The van der Waals surface area contributed by atoms with Crippen LogP contribution >= 0.6 is 0 Å². The molecule has 2 N–H and O–H groups in total. The van der Waals surface area contributed by atoms with Crippen molar-refractivity contribution >= 4 is 10.1 Å². The van der Waals surface area contributed by atoms with Gasteiger partial charge in [0.25, 0.3) is 10.1 Å². The van der Waals surface area contributed by atoms with Crippen molar-refractivity contribution in [2.45, 2.75) is 18.2 Å². The van der Waals surface area contributed by atoms with Gasteiger partial charge in [0, 0.05) is 6.61 Å². The van der Waals surface area contributed by atoms with E-state index in [0.717, 1.165) is 11.1 Å². The zero-order chi connectivity index (χ0) is 15.9. The van der Waals surface area contributed by atoms with Gasteiger partial charge in [0.15, 0.2) is 0 Å². The van der Waals surface area contributed by atoms with Gasteiger partial charge >= 0.3 is 0 Å². The topological polar surface area (TPSA) is 74.6 Å². The molecule has 0 radical (unpaired) electrons. The molecular formula is C15H17FO4S. The molecule has 0 atom stereocenters. The number of hydrogen-bond donors (Lipinski definition) is 2. The fraction of sp³-hybridized carbons (Fsp3) is 0.200. The van der Waals surface area contributed by atoms with Crippen LogP contribution in [0.3, 0.4) is 0 Å². The second-order valence-corrected chi connectivity index (χ2v) is 5.81. The molecule has 2 aromatic rings. The van der Waals surface area contributed by atoms with Crippen LogP contribution in [0.15, 0.2) is 53.4 Å². The van der Waals surface area contributed by atoms with E-state index in [9.17, 15) is 12.8 Å². The van der Waals surface area contributed by atoms with Crippen LogP contribution in [0.25, 0.3) is 0 Å². The number of rotatable bonds is 3. The van der Waals surface area contributed by atoms with Gasteiger partial charge in [0.2, 0.25) is 0 Å². The highest BCUT2D eigenvalue weighted by atomic mass is 32.2. The van der Waals surface area contributed by atoms with E-state index in [1.54, 1.807) is 24.3 Å². The van der Waals surface area contributed by atoms with Crippen LogP contribution in [0.1, 0.15) is 11.1 Å². The van der Waals surface area contributed by atoms with E-state index in [0.29, 0.717) is 6.42 Å². The Hall–Kier alpha value is -1.76. The average Bonchev–Trinajstić information content (AvgIpc) is 2.42. The van der Waals surface area contributed by atoms with Gasteiger partial charge in [-0.15, -0.1) is 0 Å². The first kappa shape index (κ1) is 17.3. The smallest absolute Gasteiger partial charge is 0.294 e. The van der Waals surface area contributed by atoms with Crippen molar-refractivity contribution in [2.75, 3.05) is 6.61 Å². The predicted molar refractivity (Wildman–Crippen MR) is 78.2 cm³/mol. The molecule has 0 unspecified atom stereocenters. The summed E-state index contributed by atoms with van der Waals surface area (Å²) in [5.74, 6) is -0.235. The van der Waals surface area contributed by atoms with Crippen molar-refractivity contribution in [2.24, 2.45) is 0 Å². The Morgan fingerprint density at radius 2 is 1.52 bits per heavy atom. The molecule has 114 valence electrons. The van der Waals surface area contributed by atoms with E-state index in [1.165, 1.54) is 24.3 Å². The van der Waals surface area contributed by atoms with Gasteiger partial charge in [0.1, 0.15) is 5.82 Å². The normalized spacial score (nSPS) is 10.7. The molecule has 21 heavy (non-hydrogen) atoms. The van der Waals surface area contributed by atoms with Crippen molar-refractivity contribution in [3.8, 4) is 0 Å². The first-order chi connectivity index (χ1) is 9.82. The summed E-state index contributed by atoms with van der Waals surface area (Å²) in [6, 6.07) is 12.1. The third-order valence-corrected chi connectivity index (χ3v) is 3.50. The minimum absolute atomic E-state index is 0.0666. The lowest BCUT2D eigenvalue weighted by Crippen LogP contribution is -1.96. The summed E-state index contributed by atoms with van der Waals surface area (Å²) in [5, 5.41) is 8.50. The summed E-state index contributed by atoms with van der Waals surface area (Å²) >= 11 is 0. The summed E-state index contributed by atoms with van der Waals surface area (Å²) in [6.45, 7) is 1.96. The van der Waals surface area contributed by atoms with Crippen molar-refractivity contribution < 1.29 is 22.5 Å². The molecule has 0 spiro atoms. The van der Waals surface area contributed by atoms with Gasteiger partial charge in [-0.05, 0) is 43.2 Å². The van der Waals surface area contributed by atoms with E-state index >= 15 is 0 Å². The van der Waals surface area contributed by atoms with Gasteiger partial charge in [-0.2, -0.15) is 8.42 Å². The standard InChI is InChI=1S/C8H9FO.C7H8O3S/c9-8-3-1-7(2-4-8)5-6-10;1-6-2-4-7(5-3-6)11(8,9)10/h1-4,10H,5-6H2;2-5H,1H3,(H,8,9,10). The molecule has 0 aliphatic carbocycles. The first-order valence-corrected chi connectivity index (χ1v) is 7.66. The van der Waals surface area contributed by atoms with Gasteiger partial charge < -0.3 is 5.11 Å². The fourth-order valence-corrected chi connectivity index (χ4v) is 1.97. The van der Waals surface area contributed by atoms with Crippen molar-refractivity contribution in [1.82, 2.24) is 0 Å². The molecule has 2 rings (SSSR count). The highest BCUT2D eigenvalue weighted by Crippen LogP contribution is 2.08. The SMILES string of the molecule is Cc1ccc(S(=O)(=O)O)cc1.OCCc1ccc(F)cc1. The molecule has 0 aliphatic heterocycles. The van der Waals surface area contributed by atoms with Crippen LogP contribution in [0, 0.1) is 12.7 Å². The summed E-state index contributed by atoms with van der Waals surface area (Å²) < 4.78 is 41.8. The van der Waals surface area contributed by atoms with Gasteiger partial charge in [-0.25, -0.2) is 4.39 Å². The number of aliphatic hydroxyl groups is 1. The third-order valence-electron chi connectivity index (χ3n) is 2.63.